The number of aromatic nitrogens is 5. The van der Waals surface area contributed by atoms with Gasteiger partial charge in [-0.25, -0.2) is 14.2 Å². The summed E-state index contributed by atoms with van der Waals surface area (Å²) in [4.78, 5) is 20.2. The largest absolute Gasteiger partial charge is 0.381 e. The van der Waals surface area contributed by atoms with E-state index in [0.29, 0.717) is 29.0 Å². The number of likely N-dealkylation sites (tertiary alicyclic amines) is 1. The lowest BCUT2D eigenvalue weighted by Gasteiger charge is -2.38. The molecule has 36 heavy (non-hydrogen) atoms. The molecule has 186 valence electrons. The van der Waals surface area contributed by atoms with Crippen molar-refractivity contribution in [2.75, 3.05) is 31.6 Å². The molecule has 1 amide bonds. The Bertz CT molecular complexity index is 1350. The number of hydrogen-bond donors (Lipinski definition) is 1. The molecule has 0 bridgehead atoms. The summed E-state index contributed by atoms with van der Waals surface area (Å²) in [5.74, 6) is 0.765. The number of carbonyl (C=O) groups excluding carboxylic acids is 1. The van der Waals surface area contributed by atoms with Crippen molar-refractivity contribution in [2.45, 2.75) is 44.6 Å². The zero-order valence-electron chi connectivity index (χ0n) is 20.5. The molecule has 9 nitrogen and oxygen atoms in total. The molecule has 0 spiro atoms. The topological polar surface area (TPSA) is 89.6 Å². The number of rotatable bonds is 5. The number of hydrogen-bond acceptors (Lipinski definition) is 6. The Kier molecular flexibility index (Phi) is 6.25. The van der Waals surface area contributed by atoms with Gasteiger partial charge in [-0.1, -0.05) is 17.7 Å². The lowest BCUT2D eigenvalue weighted by Crippen LogP contribution is -2.43. The minimum Gasteiger partial charge on any atom is -0.381 e. The Labute approximate surface area is 210 Å². The first-order chi connectivity index (χ1) is 17.7. The fourth-order valence-corrected chi connectivity index (χ4v) is 5.35. The Morgan fingerprint density at radius 2 is 1.86 bits per heavy atom. The van der Waals surface area contributed by atoms with Gasteiger partial charge < -0.3 is 15.0 Å². The van der Waals surface area contributed by atoms with Crippen LogP contribution in [0.5, 0.6) is 0 Å². The maximum absolute atomic E-state index is 13.3. The van der Waals surface area contributed by atoms with Gasteiger partial charge in [0.25, 0.3) is 5.91 Å². The predicted molar refractivity (Wildman–Crippen MR) is 137 cm³/mol. The van der Waals surface area contributed by atoms with E-state index in [9.17, 15) is 4.79 Å². The third kappa shape index (κ3) is 4.52. The predicted octanol–water partition coefficient (Wildman–Crippen LogP) is 3.83. The van der Waals surface area contributed by atoms with Gasteiger partial charge in [0.05, 0.1) is 17.6 Å². The van der Waals surface area contributed by atoms with Crippen molar-refractivity contribution in [3.05, 3.63) is 71.8 Å². The van der Waals surface area contributed by atoms with Gasteiger partial charge in [-0.3, -0.25) is 4.79 Å². The van der Waals surface area contributed by atoms with E-state index in [2.05, 4.69) is 39.4 Å². The van der Waals surface area contributed by atoms with Crippen LogP contribution in [-0.4, -0.2) is 67.5 Å². The lowest BCUT2D eigenvalue weighted by atomic mass is 9.91. The molecule has 3 aromatic heterocycles. The number of anilines is 1. The van der Waals surface area contributed by atoms with Gasteiger partial charge in [-0.2, -0.15) is 10.2 Å². The highest BCUT2D eigenvalue weighted by atomic mass is 16.5. The molecule has 2 saturated heterocycles. The average molecular weight is 486 g/mol. The van der Waals surface area contributed by atoms with E-state index >= 15 is 0 Å². The van der Waals surface area contributed by atoms with Crippen molar-refractivity contribution in [1.82, 2.24) is 29.3 Å². The molecule has 5 heterocycles. The molecule has 0 aliphatic carbocycles. The molecule has 1 aromatic carbocycles. The van der Waals surface area contributed by atoms with Gasteiger partial charge in [0, 0.05) is 43.6 Å². The number of benzene rings is 1. The van der Waals surface area contributed by atoms with Crippen LogP contribution in [-0.2, 0) is 4.74 Å². The summed E-state index contributed by atoms with van der Waals surface area (Å²) in [5.41, 5.74) is 4.07. The van der Waals surface area contributed by atoms with Crippen LogP contribution in [0.3, 0.4) is 0 Å². The lowest BCUT2D eigenvalue weighted by molar-refractivity contribution is 0.0250. The van der Waals surface area contributed by atoms with E-state index in [4.69, 9.17) is 9.84 Å². The van der Waals surface area contributed by atoms with Crippen molar-refractivity contribution in [1.29, 1.82) is 0 Å². The van der Waals surface area contributed by atoms with Gasteiger partial charge in [-0.05, 0) is 63.9 Å². The van der Waals surface area contributed by atoms with Crippen LogP contribution in [0.1, 0.15) is 53.2 Å². The third-order valence-corrected chi connectivity index (χ3v) is 7.43. The van der Waals surface area contributed by atoms with Crippen LogP contribution >= 0.6 is 0 Å². The number of nitrogens with one attached hydrogen (secondary N) is 1. The molecule has 2 aliphatic rings. The SMILES string of the molecule is Cc1ccc(-n2nc(C3CCN(C4CCOCC4)CC3)cc2NC(=O)c2cnn3cccnc23)cc1. The van der Waals surface area contributed by atoms with Crippen molar-refractivity contribution in [2.24, 2.45) is 0 Å². The van der Waals surface area contributed by atoms with E-state index in [-0.39, 0.29) is 5.91 Å². The fourth-order valence-electron chi connectivity index (χ4n) is 5.35. The first-order valence-electron chi connectivity index (χ1n) is 12.7. The molecule has 0 radical (unpaired) electrons. The highest BCUT2D eigenvalue weighted by molar-refractivity contribution is 6.07. The smallest absolute Gasteiger partial charge is 0.262 e. The fraction of sp³-hybridized carbons (Fsp3) is 0.407. The second-order valence-electron chi connectivity index (χ2n) is 9.76. The highest BCUT2D eigenvalue weighted by Gasteiger charge is 2.29. The summed E-state index contributed by atoms with van der Waals surface area (Å²) in [6.45, 7) is 5.95. The summed E-state index contributed by atoms with van der Waals surface area (Å²) in [5, 5.41) is 12.3. The minimum absolute atomic E-state index is 0.252. The zero-order chi connectivity index (χ0) is 24.5. The first kappa shape index (κ1) is 22.9. The van der Waals surface area contributed by atoms with E-state index in [1.807, 2.05) is 22.9 Å². The monoisotopic (exact) mass is 485 g/mol. The number of fused-ring (bicyclic) bond motifs is 1. The minimum atomic E-state index is -0.252. The maximum Gasteiger partial charge on any atom is 0.262 e. The van der Waals surface area contributed by atoms with E-state index in [1.165, 1.54) is 5.56 Å². The Morgan fingerprint density at radius 3 is 2.64 bits per heavy atom. The van der Waals surface area contributed by atoms with Crippen molar-refractivity contribution in [3.63, 3.8) is 0 Å². The van der Waals surface area contributed by atoms with Crippen LogP contribution in [0.2, 0.25) is 0 Å². The van der Waals surface area contributed by atoms with Crippen LogP contribution in [0, 0.1) is 6.92 Å². The molecular weight excluding hydrogens is 454 g/mol. The molecule has 1 N–H and O–H groups in total. The summed E-state index contributed by atoms with van der Waals surface area (Å²) in [6, 6.07) is 12.6. The summed E-state index contributed by atoms with van der Waals surface area (Å²) in [6.07, 6.45) is 9.37. The molecule has 9 heteroatoms. The number of nitrogens with zero attached hydrogens (tertiary/aromatic N) is 6. The average Bonchev–Trinajstić information content (AvgIpc) is 3.54. The first-order valence-corrected chi connectivity index (χ1v) is 12.7. The van der Waals surface area contributed by atoms with E-state index in [0.717, 1.165) is 63.4 Å². The van der Waals surface area contributed by atoms with Gasteiger partial charge in [0.1, 0.15) is 11.4 Å². The van der Waals surface area contributed by atoms with Gasteiger partial charge in [0.15, 0.2) is 5.65 Å². The van der Waals surface area contributed by atoms with Crippen LogP contribution in [0.4, 0.5) is 5.82 Å². The molecule has 0 saturated carbocycles. The second kappa shape index (κ2) is 9.83. The quantitative estimate of drug-likeness (QED) is 0.462. The van der Waals surface area contributed by atoms with Gasteiger partial charge >= 0.3 is 0 Å². The maximum atomic E-state index is 13.3. The standard InChI is InChI=1S/C27H31N7O2/c1-19-3-5-22(6-4-19)34-25(30-27(35)23-18-29-33-12-2-11-28-26(23)33)17-24(31-34)20-7-13-32(14-8-20)21-9-15-36-16-10-21/h2-6,11-12,17-18,20-21H,7-10,13-16H2,1H3,(H,30,35). The molecule has 4 aromatic rings. The van der Waals surface area contributed by atoms with Crippen LogP contribution in [0.25, 0.3) is 11.3 Å². The van der Waals surface area contributed by atoms with Crippen LogP contribution < -0.4 is 5.32 Å². The second-order valence-corrected chi connectivity index (χ2v) is 9.76. The Balaban J connectivity index is 1.25. The van der Waals surface area contributed by atoms with Crippen molar-refractivity contribution >= 4 is 17.4 Å². The summed E-state index contributed by atoms with van der Waals surface area (Å²) < 4.78 is 8.99. The van der Waals surface area contributed by atoms with Crippen molar-refractivity contribution in [3.8, 4) is 5.69 Å². The Hall–Kier alpha value is -3.56. The van der Waals surface area contributed by atoms with Crippen LogP contribution in [0.15, 0.2) is 55.0 Å². The van der Waals surface area contributed by atoms with Gasteiger partial charge in [-0.15, -0.1) is 0 Å². The normalized spacial score (nSPS) is 18.0. The van der Waals surface area contributed by atoms with Crippen molar-refractivity contribution < 1.29 is 9.53 Å². The van der Waals surface area contributed by atoms with E-state index in [1.54, 1.807) is 29.2 Å². The molecule has 2 fully saturated rings. The Morgan fingerprint density at radius 1 is 1.08 bits per heavy atom. The number of ether oxygens (including phenoxy) is 1. The zero-order valence-corrected chi connectivity index (χ0v) is 20.5. The molecular formula is C27H31N7O2. The molecule has 2 aliphatic heterocycles. The van der Waals surface area contributed by atoms with Gasteiger partial charge in [0.2, 0.25) is 0 Å². The highest BCUT2D eigenvalue weighted by Crippen LogP contribution is 2.32. The molecule has 0 atom stereocenters. The molecule has 0 unspecified atom stereocenters. The third-order valence-electron chi connectivity index (χ3n) is 7.43. The number of piperidine rings is 1. The van der Waals surface area contributed by atoms with E-state index < -0.39 is 0 Å². The number of aryl methyl sites for hydroxylation is 1. The number of amides is 1. The summed E-state index contributed by atoms with van der Waals surface area (Å²) in [7, 11) is 0. The molecule has 6 rings (SSSR count). The number of carbonyl (C=O) groups is 1. The summed E-state index contributed by atoms with van der Waals surface area (Å²) >= 11 is 0.